The van der Waals surface area contributed by atoms with Crippen molar-refractivity contribution in [2.75, 3.05) is 40.0 Å². The van der Waals surface area contributed by atoms with Crippen LogP contribution < -0.4 is 15.4 Å². The number of nitrogens with one attached hydrogen (secondary N) is 2. The number of hydrogen-bond acceptors (Lipinski definition) is 3. The monoisotopic (exact) mass is 475 g/mol. The highest BCUT2D eigenvalue weighted by Gasteiger charge is 2.37. The molecule has 1 fully saturated rings. The lowest BCUT2D eigenvalue weighted by atomic mass is 9.73. The van der Waals surface area contributed by atoms with Crippen molar-refractivity contribution in [2.45, 2.75) is 45.4 Å². The van der Waals surface area contributed by atoms with Crippen LogP contribution in [0.25, 0.3) is 0 Å². The standard InChI is InChI=1S/C20H33N3O2.HI/c1-5-11-22-19(21-6-2)23-15-20(9-12-25-13-10-20)17-14-16(3)7-8-18(17)24-4;/h7-8,14H,5-6,9-13,15H2,1-4H3,(H2,21,22,23);1H. The third-order valence-corrected chi connectivity index (χ3v) is 4.80. The quantitative estimate of drug-likeness (QED) is 0.359. The van der Waals surface area contributed by atoms with Gasteiger partial charge in [-0.05, 0) is 39.2 Å². The van der Waals surface area contributed by atoms with Gasteiger partial charge in [0, 0.05) is 37.3 Å². The molecule has 1 aromatic rings. The molecule has 0 unspecified atom stereocenters. The zero-order chi connectivity index (χ0) is 18.1. The van der Waals surface area contributed by atoms with Crippen molar-refractivity contribution in [3.8, 4) is 5.75 Å². The molecule has 6 heteroatoms. The molecule has 0 radical (unpaired) electrons. The molecule has 1 aliphatic heterocycles. The lowest BCUT2D eigenvalue weighted by molar-refractivity contribution is 0.0522. The predicted octanol–water partition coefficient (Wildman–Crippen LogP) is 3.63. The molecule has 0 aliphatic carbocycles. The molecule has 1 aromatic carbocycles. The number of hydrogen-bond donors (Lipinski definition) is 2. The lowest BCUT2D eigenvalue weighted by Crippen LogP contribution is -2.41. The van der Waals surface area contributed by atoms with E-state index in [2.05, 4.69) is 49.6 Å². The zero-order valence-corrected chi connectivity index (χ0v) is 18.9. The van der Waals surface area contributed by atoms with Crippen molar-refractivity contribution >= 4 is 29.9 Å². The Kier molecular flexibility index (Phi) is 10.3. The van der Waals surface area contributed by atoms with E-state index < -0.39 is 0 Å². The van der Waals surface area contributed by atoms with Crippen LogP contribution in [0.5, 0.6) is 5.75 Å². The average Bonchev–Trinajstić information content (AvgIpc) is 2.64. The highest BCUT2D eigenvalue weighted by atomic mass is 127. The van der Waals surface area contributed by atoms with Crippen molar-refractivity contribution in [1.82, 2.24) is 10.6 Å². The van der Waals surface area contributed by atoms with E-state index in [1.54, 1.807) is 7.11 Å². The van der Waals surface area contributed by atoms with Gasteiger partial charge in [-0.3, -0.25) is 4.99 Å². The Hall–Kier alpha value is -1.02. The van der Waals surface area contributed by atoms with Crippen LogP contribution in [0.3, 0.4) is 0 Å². The van der Waals surface area contributed by atoms with Gasteiger partial charge in [-0.1, -0.05) is 24.6 Å². The van der Waals surface area contributed by atoms with Crippen LogP contribution in [-0.4, -0.2) is 45.9 Å². The Morgan fingerprint density at radius 2 is 1.96 bits per heavy atom. The molecule has 26 heavy (non-hydrogen) atoms. The Morgan fingerprint density at radius 3 is 2.58 bits per heavy atom. The molecule has 1 heterocycles. The first kappa shape index (κ1) is 23.0. The molecule has 0 saturated carbocycles. The summed E-state index contributed by atoms with van der Waals surface area (Å²) >= 11 is 0. The summed E-state index contributed by atoms with van der Waals surface area (Å²) in [6.07, 6.45) is 3.00. The maximum absolute atomic E-state index is 5.68. The molecule has 2 N–H and O–H groups in total. The van der Waals surface area contributed by atoms with Crippen LogP contribution in [0.4, 0.5) is 0 Å². The predicted molar refractivity (Wildman–Crippen MR) is 119 cm³/mol. The number of nitrogens with zero attached hydrogens (tertiary/aromatic N) is 1. The third kappa shape index (κ3) is 6.01. The largest absolute Gasteiger partial charge is 0.496 e. The number of aliphatic imine (C=N–C) groups is 1. The normalized spacial score (nSPS) is 16.5. The van der Waals surface area contributed by atoms with Gasteiger partial charge in [0.25, 0.3) is 0 Å². The molecular formula is C20H34IN3O2. The minimum atomic E-state index is -0.0375. The van der Waals surface area contributed by atoms with Gasteiger partial charge in [0.05, 0.1) is 13.7 Å². The van der Waals surface area contributed by atoms with E-state index in [1.165, 1.54) is 11.1 Å². The summed E-state index contributed by atoms with van der Waals surface area (Å²) < 4.78 is 11.3. The Morgan fingerprint density at radius 1 is 1.23 bits per heavy atom. The van der Waals surface area contributed by atoms with Gasteiger partial charge >= 0.3 is 0 Å². The van der Waals surface area contributed by atoms with E-state index in [9.17, 15) is 0 Å². The van der Waals surface area contributed by atoms with Crippen LogP contribution >= 0.6 is 24.0 Å². The van der Waals surface area contributed by atoms with E-state index in [0.29, 0.717) is 0 Å². The van der Waals surface area contributed by atoms with Gasteiger partial charge in [-0.15, -0.1) is 24.0 Å². The SMILES string of the molecule is CCCNC(=NCC1(c2cc(C)ccc2OC)CCOCC1)NCC.I. The summed E-state index contributed by atoms with van der Waals surface area (Å²) in [4.78, 5) is 4.91. The number of ether oxygens (including phenoxy) is 2. The first-order chi connectivity index (χ1) is 12.1. The molecule has 0 atom stereocenters. The highest BCUT2D eigenvalue weighted by Crippen LogP contribution is 2.40. The van der Waals surface area contributed by atoms with Crippen LogP contribution in [0.1, 0.15) is 44.2 Å². The van der Waals surface area contributed by atoms with E-state index in [4.69, 9.17) is 14.5 Å². The number of guanidine groups is 1. The molecule has 148 valence electrons. The summed E-state index contributed by atoms with van der Waals surface area (Å²) in [5, 5.41) is 6.74. The molecule has 0 aromatic heterocycles. The van der Waals surface area contributed by atoms with Gasteiger partial charge in [0.1, 0.15) is 5.75 Å². The summed E-state index contributed by atoms with van der Waals surface area (Å²) in [7, 11) is 1.75. The third-order valence-electron chi connectivity index (χ3n) is 4.80. The van der Waals surface area contributed by atoms with Crippen LogP contribution in [0.2, 0.25) is 0 Å². The van der Waals surface area contributed by atoms with E-state index in [0.717, 1.165) is 63.8 Å². The van der Waals surface area contributed by atoms with E-state index in [-0.39, 0.29) is 29.4 Å². The summed E-state index contributed by atoms with van der Waals surface area (Å²) in [5.41, 5.74) is 2.47. The summed E-state index contributed by atoms with van der Waals surface area (Å²) in [5.74, 6) is 1.84. The molecule has 1 saturated heterocycles. The van der Waals surface area contributed by atoms with E-state index in [1.807, 2.05) is 0 Å². The first-order valence-electron chi connectivity index (χ1n) is 9.40. The number of aryl methyl sites for hydroxylation is 1. The maximum atomic E-state index is 5.68. The van der Waals surface area contributed by atoms with Gasteiger partial charge in [0.2, 0.25) is 0 Å². The fourth-order valence-corrected chi connectivity index (χ4v) is 3.33. The Labute approximate surface area is 175 Å². The van der Waals surface area contributed by atoms with Crippen molar-refractivity contribution in [3.63, 3.8) is 0 Å². The molecule has 5 nitrogen and oxygen atoms in total. The molecule has 2 rings (SSSR count). The number of halogens is 1. The number of methoxy groups -OCH3 is 1. The number of benzene rings is 1. The summed E-state index contributed by atoms with van der Waals surface area (Å²) in [6.45, 7) is 10.4. The fraction of sp³-hybridized carbons (Fsp3) is 0.650. The Balaban J connectivity index is 0.00000338. The minimum Gasteiger partial charge on any atom is -0.496 e. The van der Waals surface area contributed by atoms with Gasteiger partial charge in [-0.25, -0.2) is 0 Å². The van der Waals surface area contributed by atoms with E-state index >= 15 is 0 Å². The van der Waals surface area contributed by atoms with Gasteiger partial charge < -0.3 is 20.1 Å². The van der Waals surface area contributed by atoms with Crippen molar-refractivity contribution in [1.29, 1.82) is 0 Å². The van der Waals surface area contributed by atoms with Gasteiger partial charge in [-0.2, -0.15) is 0 Å². The van der Waals surface area contributed by atoms with Crippen LogP contribution in [0.15, 0.2) is 23.2 Å². The lowest BCUT2D eigenvalue weighted by Gasteiger charge is -2.37. The zero-order valence-electron chi connectivity index (χ0n) is 16.6. The van der Waals surface area contributed by atoms with Crippen molar-refractivity contribution < 1.29 is 9.47 Å². The Bertz CT molecular complexity index is 572. The molecular weight excluding hydrogens is 441 g/mol. The molecule has 0 amide bonds. The van der Waals surface area contributed by atoms with Gasteiger partial charge in [0.15, 0.2) is 5.96 Å². The maximum Gasteiger partial charge on any atom is 0.191 e. The second kappa shape index (κ2) is 11.6. The van der Waals surface area contributed by atoms with Crippen molar-refractivity contribution in [2.24, 2.45) is 4.99 Å². The van der Waals surface area contributed by atoms with Crippen LogP contribution in [-0.2, 0) is 10.2 Å². The average molecular weight is 475 g/mol. The molecule has 0 bridgehead atoms. The first-order valence-corrected chi connectivity index (χ1v) is 9.40. The number of rotatable bonds is 7. The minimum absolute atomic E-state index is 0. The fourth-order valence-electron chi connectivity index (χ4n) is 3.33. The molecule has 0 spiro atoms. The second-order valence-electron chi connectivity index (χ2n) is 6.72. The van der Waals surface area contributed by atoms with Crippen LogP contribution in [0, 0.1) is 6.92 Å². The second-order valence-corrected chi connectivity index (χ2v) is 6.72. The topological polar surface area (TPSA) is 54.9 Å². The highest BCUT2D eigenvalue weighted by molar-refractivity contribution is 14.0. The summed E-state index contributed by atoms with van der Waals surface area (Å²) in [6, 6.07) is 6.43. The smallest absolute Gasteiger partial charge is 0.191 e. The molecule has 1 aliphatic rings. The van der Waals surface area contributed by atoms with Crippen molar-refractivity contribution in [3.05, 3.63) is 29.3 Å².